The van der Waals surface area contributed by atoms with E-state index in [0.717, 1.165) is 6.08 Å². The summed E-state index contributed by atoms with van der Waals surface area (Å²) in [6.45, 7) is 11.1. The van der Waals surface area contributed by atoms with Crippen LogP contribution in [0, 0.1) is 0 Å². The Bertz CT molecular complexity index is 529. The Balaban J connectivity index is 3.67. The molecule has 0 aromatic rings. The summed E-state index contributed by atoms with van der Waals surface area (Å²) in [5.41, 5.74) is 0. The SMILES string of the molecule is CC(C)[NH][Zr]([NH]C(C)C)([NH]C(C)C)[C]1=[C]([GeH]([C](F)(F)F)[C](F)(F)F)C=CC1. The molecule has 0 aromatic heterocycles. The van der Waals surface area contributed by atoms with Crippen LogP contribution in [-0.2, 0) is 21.1 Å². The zero-order chi connectivity index (χ0) is 21.2. The summed E-state index contributed by atoms with van der Waals surface area (Å²) in [6.07, 6.45) is 2.65. The van der Waals surface area contributed by atoms with E-state index in [2.05, 4.69) is 9.78 Å². The molecule has 27 heavy (non-hydrogen) atoms. The molecule has 3 nitrogen and oxygen atoms in total. The molecule has 0 aromatic carbocycles. The minimum absolute atomic E-state index is 0.0876. The van der Waals surface area contributed by atoms with Gasteiger partial charge in [0.2, 0.25) is 0 Å². The number of hydrogen-bond donors (Lipinski definition) is 3. The van der Waals surface area contributed by atoms with Crippen LogP contribution in [0.4, 0.5) is 26.3 Å². The number of rotatable bonds is 8. The van der Waals surface area contributed by atoms with Gasteiger partial charge in [-0.15, -0.1) is 0 Å². The first-order valence-corrected chi connectivity index (χ1v) is 17.5. The molecule has 0 bridgehead atoms. The van der Waals surface area contributed by atoms with Crippen molar-refractivity contribution in [1.29, 1.82) is 0 Å². The third-order valence-corrected chi connectivity index (χ3v) is 21.5. The van der Waals surface area contributed by atoms with Crippen LogP contribution in [0.3, 0.4) is 0 Å². The van der Waals surface area contributed by atoms with E-state index in [-0.39, 0.29) is 24.5 Å². The first kappa shape index (κ1) is 25.4. The van der Waals surface area contributed by atoms with E-state index >= 15 is 0 Å². The van der Waals surface area contributed by atoms with Crippen LogP contribution in [0.15, 0.2) is 19.8 Å². The van der Waals surface area contributed by atoms with Gasteiger partial charge in [0.15, 0.2) is 0 Å². The molecule has 3 N–H and O–H groups in total. The summed E-state index contributed by atoms with van der Waals surface area (Å²) >= 11 is -10.0. The predicted molar refractivity (Wildman–Crippen MR) is 94.9 cm³/mol. The number of nitrogens with one attached hydrogen (secondary N) is 3. The van der Waals surface area contributed by atoms with Crippen molar-refractivity contribution in [2.45, 2.75) is 76.1 Å². The molecule has 0 unspecified atom stereocenters. The van der Waals surface area contributed by atoms with E-state index in [1.165, 1.54) is 6.08 Å². The van der Waals surface area contributed by atoms with Crippen molar-refractivity contribution >= 4 is 14.3 Å². The second-order valence-electron chi connectivity index (χ2n) is 7.70. The number of halogens is 6. The molecule has 0 radical (unpaired) electrons. The van der Waals surface area contributed by atoms with Gasteiger partial charge in [-0.3, -0.25) is 0 Å². The van der Waals surface area contributed by atoms with Gasteiger partial charge in [-0.1, -0.05) is 0 Å². The fourth-order valence-corrected chi connectivity index (χ4v) is 22.4. The average molecular weight is 541 g/mol. The molecular formula is C16H29F6GeN3Zr. The van der Waals surface area contributed by atoms with Crippen molar-refractivity contribution in [3.8, 4) is 0 Å². The van der Waals surface area contributed by atoms with Gasteiger partial charge in [-0.25, -0.2) is 0 Å². The molecule has 0 saturated carbocycles. The van der Waals surface area contributed by atoms with Gasteiger partial charge in [-0.2, -0.15) is 0 Å². The molecule has 158 valence electrons. The molecule has 0 amide bonds. The van der Waals surface area contributed by atoms with E-state index in [9.17, 15) is 26.3 Å². The molecule has 0 spiro atoms. The van der Waals surface area contributed by atoms with Gasteiger partial charge in [0.05, 0.1) is 0 Å². The molecule has 0 fully saturated rings. The van der Waals surface area contributed by atoms with Crippen molar-refractivity contribution in [3.05, 3.63) is 19.8 Å². The average Bonchev–Trinajstić information content (AvgIpc) is 2.81. The summed E-state index contributed by atoms with van der Waals surface area (Å²) < 4.78 is 90.8. The Morgan fingerprint density at radius 1 is 0.815 bits per heavy atom. The number of hydrogen-bond acceptors (Lipinski definition) is 3. The standard InChI is InChI=1S/C7H5F6Ge.3C3H8N.Zr/c8-6(9,10)14(7(11,12)13)5-3-1-2-4-5;3*1-3(2)4;/h1,3,14H,2H2;3*3-4H,1-2H3;/q;3*-1;+3. The monoisotopic (exact) mass is 541 g/mol. The maximum atomic E-state index is 13.5. The first-order chi connectivity index (χ1) is 12.1. The van der Waals surface area contributed by atoms with Crippen LogP contribution in [0.2, 0.25) is 0 Å². The topological polar surface area (TPSA) is 36.1 Å². The Morgan fingerprint density at radius 3 is 1.48 bits per heavy atom. The van der Waals surface area contributed by atoms with Crippen molar-refractivity contribution < 1.29 is 47.5 Å². The molecule has 0 aliphatic heterocycles. The summed E-state index contributed by atoms with van der Waals surface area (Å²) in [7, 11) is 0. The van der Waals surface area contributed by atoms with E-state index < -0.39 is 49.9 Å². The van der Waals surface area contributed by atoms with Gasteiger partial charge in [-0.05, 0) is 0 Å². The molecule has 1 aliphatic rings. The van der Waals surface area contributed by atoms with Crippen molar-refractivity contribution in [3.63, 3.8) is 0 Å². The molecule has 1 aliphatic carbocycles. The normalized spacial score (nSPS) is 16.7. The predicted octanol–water partition coefficient (Wildman–Crippen LogP) is 4.06. The maximum absolute atomic E-state index is 13.5. The van der Waals surface area contributed by atoms with E-state index in [0.29, 0.717) is 3.28 Å². The van der Waals surface area contributed by atoms with Crippen LogP contribution >= 0.6 is 0 Å². The van der Waals surface area contributed by atoms with Crippen LogP contribution in [0.25, 0.3) is 0 Å². The summed E-state index contributed by atoms with van der Waals surface area (Å²) in [6, 6.07) is -0.263. The van der Waals surface area contributed by atoms with Crippen LogP contribution in [0.1, 0.15) is 48.0 Å². The van der Waals surface area contributed by atoms with Crippen molar-refractivity contribution in [1.82, 2.24) is 9.78 Å². The second-order valence-corrected chi connectivity index (χ2v) is 20.9. The Labute approximate surface area is 167 Å². The number of alkyl halides is 6. The van der Waals surface area contributed by atoms with E-state index in [4.69, 9.17) is 0 Å². The summed E-state index contributed by atoms with van der Waals surface area (Å²) in [5, 5.41) is -10.4. The van der Waals surface area contributed by atoms with Crippen LogP contribution < -0.4 is 9.78 Å². The zero-order valence-corrected chi connectivity index (χ0v) is 21.3. The molecular weight excluding hydrogens is 512 g/mol. The van der Waals surface area contributed by atoms with Crippen molar-refractivity contribution in [2.75, 3.05) is 0 Å². The Kier molecular flexibility index (Phi) is 8.89. The fraction of sp³-hybridized carbons (Fsp3) is 0.750. The Morgan fingerprint density at radius 2 is 1.19 bits per heavy atom. The minimum atomic E-state index is -5.84. The third-order valence-electron chi connectivity index (χ3n) is 3.90. The first-order valence-electron chi connectivity index (χ1n) is 8.96. The van der Waals surface area contributed by atoms with Crippen molar-refractivity contribution in [2.24, 2.45) is 0 Å². The van der Waals surface area contributed by atoms with Crippen LogP contribution in [0.5, 0.6) is 0 Å². The van der Waals surface area contributed by atoms with E-state index in [1.54, 1.807) is 0 Å². The summed E-state index contributed by atoms with van der Waals surface area (Å²) in [5.74, 6) is 0. The quantitative estimate of drug-likeness (QED) is 0.321. The number of allylic oxidation sites excluding steroid dienone is 4. The molecule has 1 rings (SSSR count). The second kappa shape index (κ2) is 9.45. The van der Waals surface area contributed by atoms with E-state index in [1.807, 2.05) is 41.5 Å². The van der Waals surface area contributed by atoms with Gasteiger partial charge in [0.1, 0.15) is 0 Å². The van der Waals surface area contributed by atoms with Gasteiger partial charge in [0.25, 0.3) is 0 Å². The fourth-order valence-electron chi connectivity index (χ4n) is 3.39. The van der Waals surface area contributed by atoms with Gasteiger partial charge < -0.3 is 0 Å². The molecule has 0 atom stereocenters. The third kappa shape index (κ3) is 6.98. The Hall–Kier alpha value is 0.366. The molecule has 11 heteroatoms. The molecule has 0 saturated heterocycles. The zero-order valence-electron chi connectivity index (χ0n) is 16.4. The van der Waals surface area contributed by atoms with Crippen LogP contribution in [-0.4, -0.2) is 42.5 Å². The van der Waals surface area contributed by atoms with Gasteiger partial charge in [0, 0.05) is 0 Å². The molecule has 0 heterocycles. The van der Waals surface area contributed by atoms with Gasteiger partial charge >= 0.3 is 168 Å². The summed E-state index contributed by atoms with van der Waals surface area (Å²) in [4.78, 5) is 0.